The van der Waals surface area contributed by atoms with E-state index in [9.17, 15) is 31.0 Å². The van der Waals surface area contributed by atoms with E-state index in [1.165, 1.54) is 31.2 Å². The highest BCUT2D eigenvalue weighted by Gasteiger charge is 2.17. The van der Waals surface area contributed by atoms with Crippen LogP contribution >= 0.6 is 0 Å². The number of H-pyrrole nitrogens is 2. The number of benzene rings is 2. The van der Waals surface area contributed by atoms with E-state index in [4.69, 9.17) is 4.55 Å². The van der Waals surface area contributed by atoms with Crippen LogP contribution < -0.4 is 11.1 Å². The predicted octanol–water partition coefficient (Wildman–Crippen LogP) is 2.17. The first-order valence-corrected chi connectivity index (χ1v) is 12.9. The average molecular weight is 535 g/mol. The first-order valence-electron chi connectivity index (χ1n) is 9.98. The van der Waals surface area contributed by atoms with Crippen LogP contribution in [0.2, 0.25) is 0 Å². The summed E-state index contributed by atoms with van der Waals surface area (Å²) in [5.74, 6) is 0. The molecule has 4 aromatic rings. The van der Waals surface area contributed by atoms with Crippen LogP contribution in [0.4, 0.5) is 11.4 Å². The van der Waals surface area contributed by atoms with Gasteiger partial charge in [-0.15, -0.1) is 10.2 Å². The second-order valence-electron chi connectivity index (χ2n) is 7.59. The Morgan fingerprint density at radius 1 is 0.694 bits per heavy atom. The van der Waals surface area contributed by atoms with Gasteiger partial charge in [-0.1, -0.05) is 6.07 Å². The van der Waals surface area contributed by atoms with E-state index < -0.39 is 36.3 Å². The number of hydrogen-bond donors (Lipinski definition) is 4. The van der Waals surface area contributed by atoms with E-state index in [1.54, 1.807) is 6.92 Å². The van der Waals surface area contributed by atoms with Crippen molar-refractivity contribution in [3.8, 4) is 11.4 Å². The van der Waals surface area contributed by atoms with Crippen molar-refractivity contribution in [1.82, 2.24) is 19.6 Å². The molecule has 2 heterocycles. The molecule has 2 aromatic carbocycles. The molecule has 0 fully saturated rings. The van der Waals surface area contributed by atoms with E-state index in [2.05, 4.69) is 20.4 Å². The van der Waals surface area contributed by atoms with Crippen LogP contribution in [0, 0.1) is 13.8 Å². The zero-order valence-corrected chi connectivity index (χ0v) is 20.2. The summed E-state index contributed by atoms with van der Waals surface area (Å²) in [5.41, 5.74) is -0.621. The van der Waals surface area contributed by atoms with E-state index in [1.807, 2.05) is 0 Å². The number of aryl methyl sites for hydroxylation is 2. The Morgan fingerprint density at radius 3 is 1.64 bits per heavy atom. The highest BCUT2D eigenvalue weighted by molar-refractivity contribution is 7.86. The first kappa shape index (κ1) is 25.0. The molecular formula is C20H18N6O8S2. The number of nitrogens with one attached hydrogen (secondary N) is 2. The molecule has 0 atom stereocenters. The molecule has 36 heavy (non-hydrogen) atoms. The van der Waals surface area contributed by atoms with Crippen molar-refractivity contribution in [2.75, 3.05) is 0 Å². The van der Waals surface area contributed by atoms with Crippen molar-refractivity contribution in [3.05, 3.63) is 80.6 Å². The Balaban J connectivity index is 1.71. The summed E-state index contributed by atoms with van der Waals surface area (Å²) in [5, 5.41) is 13.3. The molecule has 2 aromatic heterocycles. The lowest BCUT2D eigenvalue weighted by atomic mass is 10.3. The van der Waals surface area contributed by atoms with Crippen LogP contribution in [0.15, 0.2) is 78.1 Å². The summed E-state index contributed by atoms with van der Waals surface area (Å²) in [6, 6.07) is 9.89. The normalized spacial score (nSPS) is 12.4. The molecule has 0 spiro atoms. The van der Waals surface area contributed by atoms with E-state index >= 15 is 0 Å². The molecule has 16 heteroatoms. The van der Waals surface area contributed by atoms with Gasteiger partial charge in [-0.2, -0.15) is 16.8 Å². The summed E-state index contributed by atoms with van der Waals surface area (Å²) in [4.78, 5) is 25.0. The van der Waals surface area contributed by atoms with E-state index in [-0.39, 0.29) is 33.3 Å². The van der Waals surface area contributed by atoms with Crippen molar-refractivity contribution in [1.29, 1.82) is 0 Å². The van der Waals surface area contributed by atoms with Crippen LogP contribution in [-0.4, -0.2) is 45.5 Å². The summed E-state index contributed by atoms with van der Waals surface area (Å²) < 4.78 is 65.7. The van der Waals surface area contributed by atoms with Gasteiger partial charge in [0.15, 0.2) is 11.4 Å². The molecule has 4 rings (SSSR count). The fourth-order valence-electron chi connectivity index (χ4n) is 3.32. The Kier molecular flexibility index (Phi) is 6.13. The molecule has 0 amide bonds. The van der Waals surface area contributed by atoms with Crippen molar-refractivity contribution in [2.45, 2.75) is 23.6 Å². The Bertz CT molecular complexity index is 1840. The number of aromatic nitrogens is 4. The molecule has 0 aliphatic heterocycles. The maximum absolute atomic E-state index is 12.9. The molecule has 0 bridgehead atoms. The fraction of sp³-hybridized carbons (Fsp3) is 0.100. The zero-order valence-electron chi connectivity index (χ0n) is 18.6. The molecule has 0 radical (unpaired) electrons. The third-order valence-corrected chi connectivity index (χ3v) is 6.81. The van der Waals surface area contributed by atoms with Gasteiger partial charge >= 0.3 is 0 Å². The molecule has 4 N–H and O–H groups in total. The minimum Gasteiger partial charge on any atom is -0.293 e. The van der Waals surface area contributed by atoms with Crippen LogP contribution in [0.1, 0.15) is 11.4 Å². The third-order valence-electron chi connectivity index (χ3n) is 5.10. The monoisotopic (exact) mass is 534 g/mol. The van der Waals surface area contributed by atoms with Gasteiger partial charge in [0.25, 0.3) is 31.4 Å². The zero-order chi connectivity index (χ0) is 26.4. The van der Waals surface area contributed by atoms with Crippen LogP contribution in [0.3, 0.4) is 0 Å². The fourth-order valence-corrected chi connectivity index (χ4v) is 4.33. The lowest BCUT2D eigenvalue weighted by Gasteiger charge is -2.03. The minimum absolute atomic E-state index is 0.117. The summed E-state index contributed by atoms with van der Waals surface area (Å²) in [6.45, 7) is 3.07. The predicted molar refractivity (Wildman–Crippen MR) is 126 cm³/mol. The summed E-state index contributed by atoms with van der Waals surface area (Å²) in [7, 11) is -8.89. The number of hydrogen-bond acceptors (Lipinski definition) is 8. The molecule has 0 unspecified atom stereocenters. The Hall–Kier alpha value is -4.12. The molecule has 0 saturated heterocycles. The average Bonchev–Trinajstić information content (AvgIpc) is 3.25. The second kappa shape index (κ2) is 8.83. The number of nitrogens with zero attached hydrogens (tertiary/aromatic N) is 4. The van der Waals surface area contributed by atoms with Gasteiger partial charge in [-0.3, -0.25) is 28.9 Å². The minimum atomic E-state index is -4.49. The Morgan fingerprint density at radius 2 is 1.17 bits per heavy atom. The van der Waals surface area contributed by atoms with Gasteiger partial charge in [0.1, 0.15) is 0 Å². The molecular weight excluding hydrogens is 516 g/mol. The lowest BCUT2D eigenvalue weighted by molar-refractivity contribution is 0.481. The number of azo groups is 1. The van der Waals surface area contributed by atoms with Crippen molar-refractivity contribution >= 4 is 31.6 Å². The van der Waals surface area contributed by atoms with Crippen molar-refractivity contribution < 1.29 is 25.9 Å². The third kappa shape index (κ3) is 4.69. The maximum atomic E-state index is 12.9. The van der Waals surface area contributed by atoms with Gasteiger partial charge in [0.2, 0.25) is 0 Å². The SMILES string of the molecule is Cc1[nH]n(-c2ccc(S(=O)(=O)O)cc2)c(=O)c1N=Nc1c(C)[nH]n(-c2cccc(S(=O)(=O)O)c2)c1=O. The molecule has 0 aliphatic carbocycles. The van der Waals surface area contributed by atoms with Gasteiger partial charge in [0.05, 0.1) is 32.6 Å². The molecule has 14 nitrogen and oxygen atoms in total. The van der Waals surface area contributed by atoms with Gasteiger partial charge in [-0.05, 0) is 56.3 Å². The largest absolute Gasteiger partial charge is 0.299 e. The highest BCUT2D eigenvalue weighted by Crippen LogP contribution is 2.21. The van der Waals surface area contributed by atoms with Gasteiger partial charge in [-0.25, -0.2) is 9.36 Å². The standard InChI is InChI=1S/C20H18N6O8S2/c1-11-17(19(27)25(23-11)13-6-8-15(9-7-13)35(29,30)31)21-22-18-12(2)24-26(20(18)28)14-4-3-5-16(10-14)36(32,33)34/h3-10,23-24H,1-2H3,(H,29,30,31)(H,32,33,34). The first-order chi connectivity index (χ1) is 16.8. The van der Waals surface area contributed by atoms with Crippen LogP contribution in [0.5, 0.6) is 0 Å². The topological polar surface area (TPSA) is 209 Å². The molecule has 188 valence electrons. The summed E-state index contributed by atoms with van der Waals surface area (Å²) >= 11 is 0. The number of aromatic amines is 2. The number of rotatable bonds is 6. The van der Waals surface area contributed by atoms with Gasteiger partial charge in [0, 0.05) is 0 Å². The van der Waals surface area contributed by atoms with Crippen LogP contribution in [0.25, 0.3) is 11.4 Å². The highest BCUT2D eigenvalue weighted by atomic mass is 32.2. The van der Waals surface area contributed by atoms with Crippen molar-refractivity contribution in [2.24, 2.45) is 10.2 Å². The smallest absolute Gasteiger partial charge is 0.293 e. The summed E-state index contributed by atoms with van der Waals surface area (Å²) in [6.07, 6.45) is 0. The quantitative estimate of drug-likeness (QED) is 0.212. The molecule has 0 aliphatic rings. The molecule has 0 saturated carbocycles. The van der Waals surface area contributed by atoms with Crippen LogP contribution in [-0.2, 0) is 20.2 Å². The second-order valence-corrected chi connectivity index (χ2v) is 10.4. The Labute approximate surface area is 203 Å². The van der Waals surface area contributed by atoms with E-state index in [0.29, 0.717) is 5.69 Å². The van der Waals surface area contributed by atoms with E-state index in [0.717, 1.165) is 33.6 Å². The maximum Gasteiger partial charge on any atom is 0.299 e. The lowest BCUT2D eigenvalue weighted by Crippen LogP contribution is -2.15. The van der Waals surface area contributed by atoms with Crippen molar-refractivity contribution in [3.63, 3.8) is 0 Å². The van der Waals surface area contributed by atoms with Gasteiger partial charge < -0.3 is 0 Å².